The molecule has 0 aliphatic carbocycles. The number of fused-ring (bicyclic) bond motifs is 1. The Labute approximate surface area is 132 Å². The summed E-state index contributed by atoms with van der Waals surface area (Å²) in [4.78, 5) is 8.88. The Balaban J connectivity index is 2.14. The van der Waals surface area contributed by atoms with Gasteiger partial charge >= 0.3 is 0 Å². The van der Waals surface area contributed by atoms with Crippen LogP contribution < -0.4 is 11.1 Å². The van der Waals surface area contributed by atoms with Gasteiger partial charge in [0.25, 0.3) is 0 Å². The summed E-state index contributed by atoms with van der Waals surface area (Å²) in [6, 6.07) is 6.08. The maximum Gasteiger partial charge on any atom is 0.225 e. The quantitative estimate of drug-likeness (QED) is 0.698. The molecule has 0 unspecified atom stereocenters. The minimum absolute atomic E-state index is 0.309. The van der Waals surface area contributed by atoms with Crippen molar-refractivity contribution in [3.63, 3.8) is 0 Å². The SMILES string of the molecule is COCCNc1nc(-c2ccc(F)cc2)c2c(N)n(C)nc2n1. The van der Waals surface area contributed by atoms with Gasteiger partial charge in [-0.3, -0.25) is 4.68 Å². The zero-order valence-corrected chi connectivity index (χ0v) is 12.9. The van der Waals surface area contributed by atoms with Crippen LogP contribution >= 0.6 is 0 Å². The zero-order chi connectivity index (χ0) is 16.4. The van der Waals surface area contributed by atoms with Crippen LogP contribution in [0.3, 0.4) is 0 Å². The van der Waals surface area contributed by atoms with Crippen molar-refractivity contribution < 1.29 is 9.13 Å². The lowest BCUT2D eigenvalue weighted by atomic mass is 10.1. The van der Waals surface area contributed by atoms with Crippen LogP contribution in [0.1, 0.15) is 0 Å². The van der Waals surface area contributed by atoms with E-state index in [4.69, 9.17) is 10.5 Å². The van der Waals surface area contributed by atoms with Crippen LogP contribution in [0.25, 0.3) is 22.3 Å². The lowest BCUT2D eigenvalue weighted by Gasteiger charge is -2.08. The molecule has 1 aromatic carbocycles. The topological polar surface area (TPSA) is 90.9 Å². The van der Waals surface area contributed by atoms with Crippen molar-refractivity contribution in [2.24, 2.45) is 7.05 Å². The molecule has 23 heavy (non-hydrogen) atoms. The summed E-state index contributed by atoms with van der Waals surface area (Å²) in [7, 11) is 3.36. The van der Waals surface area contributed by atoms with Crippen LogP contribution in [0.5, 0.6) is 0 Å². The molecule has 0 fully saturated rings. The van der Waals surface area contributed by atoms with E-state index in [0.717, 1.165) is 5.56 Å². The van der Waals surface area contributed by atoms with E-state index in [1.165, 1.54) is 12.1 Å². The molecule has 3 aromatic rings. The van der Waals surface area contributed by atoms with Crippen LogP contribution in [0.2, 0.25) is 0 Å². The maximum absolute atomic E-state index is 13.2. The number of aryl methyl sites for hydroxylation is 1. The average Bonchev–Trinajstić information content (AvgIpc) is 2.82. The molecule has 0 aliphatic rings. The number of nitrogen functional groups attached to an aromatic ring is 1. The number of benzene rings is 1. The van der Waals surface area contributed by atoms with Gasteiger partial charge in [-0.25, -0.2) is 9.37 Å². The van der Waals surface area contributed by atoms with Gasteiger partial charge in [-0.15, -0.1) is 0 Å². The van der Waals surface area contributed by atoms with Crippen LogP contribution in [0.4, 0.5) is 16.2 Å². The number of halogens is 1. The average molecular weight is 316 g/mol. The number of nitrogens with one attached hydrogen (secondary N) is 1. The largest absolute Gasteiger partial charge is 0.383 e. The smallest absolute Gasteiger partial charge is 0.225 e. The number of ether oxygens (including phenoxy) is 1. The van der Waals surface area contributed by atoms with Crippen molar-refractivity contribution >= 4 is 22.8 Å². The number of methoxy groups -OCH3 is 1. The highest BCUT2D eigenvalue weighted by Gasteiger charge is 2.17. The molecule has 7 nitrogen and oxygen atoms in total. The number of nitrogens with zero attached hydrogens (tertiary/aromatic N) is 4. The van der Waals surface area contributed by atoms with Crippen molar-refractivity contribution in [2.45, 2.75) is 0 Å². The summed E-state index contributed by atoms with van der Waals surface area (Å²) < 4.78 is 19.7. The third kappa shape index (κ3) is 2.93. The van der Waals surface area contributed by atoms with E-state index >= 15 is 0 Å². The van der Waals surface area contributed by atoms with E-state index in [2.05, 4.69) is 20.4 Å². The van der Waals surface area contributed by atoms with Crippen molar-refractivity contribution in [1.29, 1.82) is 0 Å². The Bertz CT molecular complexity index is 830. The second-order valence-electron chi connectivity index (χ2n) is 5.03. The van der Waals surface area contributed by atoms with Crippen LogP contribution in [0, 0.1) is 5.82 Å². The molecule has 0 radical (unpaired) electrons. The minimum Gasteiger partial charge on any atom is -0.383 e. The fraction of sp³-hybridized carbons (Fsp3) is 0.267. The molecule has 0 saturated carbocycles. The van der Waals surface area contributed by atoms with Gasteiger partial charge in [0.05, 0.1) is 17.7 Å². The van der Waals surface area contributed by atoms with E-state index < -0.39 is 0 Å². The molecule has 0 saturated heterocycles. The number of hydrogen-bond donors (Lipinski definition) is 2. The molecule has 3 N–H and O–H groups in total. The number of rotatable bonds is 5. The van der Waals surface area contributed by atoms with Gasteiger partial charge in [-0.1, -0.05) is 0 Å². The first-order valence-corrected chi connectivity index (χ1v) is 7.09. The Morgan fingerprint density at radius 3 is 2.70 bits per heavy atom. The van der Waals surface area contributed by atoms with Crippen LogP contribution in [0.15, 0.2) is 24.3 Å². The van der Waals surface area contributed by atoms with E-state index in [0.29, 0.717) is 41.6 Å². The Hall–Kier alpha value is -2.74. The van der Waals surface area contributed by atoms with E-state index in [-0.39, 0.29) is 5.82 Å². The lowest BCUT2D eigenvalue weighted by Crippen LogP contribution is -2.10. The molecule has 2 aromatic heterocycles. The molecule has 0 atom stereocenters. The predicted molar refractivity (Wildman–Crippen MR) is 86.5 cm³/mol. The standard InChI is InChI=1S/C15H17FN6O/c1-22-13(17)11-12(9-3-5-10(16)6-4-9)19-15(18-7-8-23-2)20-14(11)21-22/h3-6H,7-8,17H2,1-2H3,(H,18,20,21). The number of nitrogens with two attached hydrogens (primary N) is 1. The first-order chi connectivity index (χ1) is 11.1. The van der Waals surface area contributed by atoms with E-state index in [9.17, 15) is 4.39 Å². The number of anilines is 2. The molecule has 8 heteroatoms. The van der Waals surface area contributed by atoms with Gasteiger partial charge < -0.3 is 15.8 Å². The molecule has 0 bridgehead atoms. The summed E-state index contributed by atoms with van der Waals surface area (Å²) >= 11 is 0. The third-order valence-electron chi connectivity index (χ3n) is 3.45. The highest BCUT2D eigenvalue weighted by Crippen LogP contribution is 2.30. The monoisotopic (exact) mass is 316 g/mol. The molecular weight excluding hydrogens is 299 g/mol. The van der Waals surface area contributed by atoms with Crippen LogP contribution in [-0.2, 0) is 11.8 Å². The lowest BCUT2D eigenvalue weighted by molar-refractivity contribution is 0.210. The fourth-order valence-electron chi connectivity index (χ4n) is 2.28. The second kappa shape index (κ2) is 6.17. The molecule has 2 heterocycles. The summed E-state index contributed by atoms with van der Waals surface area (Å²) in [5, 5.41) is 8.03. The molecule has 120 valence electrons. The first kappa shape index (κ1) is 15.2. The van der Waals surface area contributed by atoms with Crippen molar-refractivity contribution in [3.8, 4) is 11.3 Å². The predicted octanol–water partition coefficient (Wildman–Crippen LogP) is 1.81. The normalized spacial score (nSPS) is 11.1. The van der Waals surface area contributed by atoms with Crippen molar-refractivity contribution in [1.82, 2.24) is 19.7 Å². The highest BCUT2D eigenvalue weighted by molar-refractivity contribution is 5.98. The van der Waals surface area contributed by atoms with Gasteiger partial charge in [0.2, 0.25) is 5.95 Å². The zero-order valence-electron chi connectivity index (χ0n) is 12.9. The third-order valence-corrected chi connectivity index (χ3v) is 3.45. The van der Waals surface area contributed by atoms with Gasteiger partial charge in [0, 0.05) is 26.3 Å². The summed E-state index contributed by atoms with van der Waals surface area (Å²) in [5.41, 5.74) is 7.92. The van der Waals surface area contributed by atoms with E-state index in [1.54, 1.807) is 31.0 Å². The summed E-state index contributed by atoms with van der Waals surface area (Å²) in [5.74, 6) is 0.575. The van der Waals surface area contributed by atoms with Gasteiger partial charge in [0.15, 0.2) is 5.65 Å². The van der Waals surface area contributed by atoms with Gasteiger partial charge in [-0.05, 0) is 24.3 Å². The number of aromatic nitrogens is 4. The Morgan fingerprint density at radius 2 is 2.00 bits per heavy atom. The maximum atomic E-state index is 13.2. The molecule has 0 amide bonds. The molecule has 3 rings (SSSR count). The van der Waals surface area contributed by atoms with Gasteiger partial charge in [0.1, 0.15) is 11.6 Å². The highest BCUT2D eigenvalue weighted by atomic mass is 19.1. The van der Waals surface area contributed by atoms with Crippen molar-refractivity contribution in [3.05, 3.63) is 30.1 Å². The van der Waals surface area contributed by atoms with Crippen LogP contribution in [-0.4, -0.2) is 40.0 Å². The Morgan fingerprint density at radius 1 is 1.26 bits per heavy atom. The van der Waals surface area contributed by atoms with Crippen molar-refractivity contribution in [2.75, 3.05) is 31.3 Å². The van der Waals surface area contributed by atoms with E-state index in [1.807, 2.05) is 0 Å². The summed E-state index contributed by atoms with van der Waals surface area (Å²) in [6.07, 6.45) is 0. The summed E-state index contributed by atoms with van der Waals surface area (Å²) in [6.45, 7) is 1.09. The molecular formula is C15H17FN6O. The van der Waals surface area contributed by atoms with Gasteiger partial charge in [-0.2, -0.15) is 10.1 Å². The first-order valence-electron chi connectivity index (χ1n) is 7.09. The molecule has 0 spiro atoms. The number of hydrogen-bond acceptors (Lipinski definition) is 6. The minimum atomic E-state index is -0.309. The molecule has 0 aliphatic heterocycles. The Kier molecular flexibility index (Phi) is 4.07. The second-order valence-corrected chi connectivity index (χ2v) is 5.03. The fourth-order valence-corrected chi connectivity index (χ4v) is 2.28.